The minimum Gasteiger partial charge on any atom is -0.349 e. The zero-order valence-electron chi connectivity index (χ0n) is 7.01. The maximum absolute atomic E-state index is 4.25. The van der Waals surface area contributed by atoms with Gasteiger partial charge in [-0.05, 0) is 6.07 Å². The molecule has 0 unspecified atom stereocenters. The number of aromatic nitrogens is 4. The molecule has 0 N–H and O–H groups in total. The normalized spacial score (nSPS) is 10.3. The third kappa shape index (κ3) is 1.22. The molecule has 3 aromatic heterocycles. The van der Waals surface area contributed by atoms with Gasteiger partial charge in [-0.15, -0.1) is 0 Å². The van der Waals surface area contributed by atoms with Crippen LogP contribution in [-0.2, 0) is 20.1 Å². The molecule has 5 heteroatoms. The maximum atomic E-state index is 4.25. The van der Waals surface area contributed by atoms with E-state index in [4.69, 9.17) is 0 Å². The summed E-state index contributed by atoms with van der Waals surface area (Å²) in [6.45, 7) is 0. The molecule has 0 saturated carbocycles. The first-order valence-corrected chi connectivity index (χ1v) is 3.91. The van der Waals surface area contributed by atoms with Gasteiger partial charge in [0, 0.05) is 32.5 Å². The van der Waals surface area contributed by atoms with Crippen LogP contribution in [0.4, 0.5) is 0 Å². The molecular formula is C9H5IrN4-. The molecule has 1 radical (unpaired) electrons. The van der Waals surface area contributed by atoms with Gasteiger partial charge in [-0.25, -0.2) is 5.10 Å². The summed E-state index contributed by atoms with van der Waals surface area (Å²) in [5.74, 6) is 0. The van der Waals surface area contributed by atoms with Crippen molar-refractivity contribution >= 4 is 16.4 Å². The van der Waals surface area contributed by atoms with E-state index in [1.807, 2.05) is 24.4 Å². The van der Waals surface area contributed by atoms with Crippen molar-refractivity contribution in [3.8, 4) is 0 Å². The smallest absolute Gasteiger partial charge is 0.0264 e. The number of fused-ring (bicyclic) bond motifs is 3. The van der Waals surface area contributed by atoms with E-state index in [0.717, 1.165) is 16.4 Å². The minimum absolute atomic E-state index is 0. The standard InChI is InChI=1S/C9H5N4.Ir/c1-2-7-3-5-13-8(6-11-12-13)9(7)10-4-1;/h1-5H;/q-1;. The Kier molecular flexibility index (Phi) is 2.27. The predicted octanol–water partition coefficient (Wildman–Crippen LogP) is 1.08. The van der Waals surface area contributed by atoms with E-state index in [1.165, 1.54) is 0 Å². The van der Waals surface area contributed by atoms with Gasteiger partial charge in [-0.3, -0.25) is 4.52 Å². The van der Waals surface area contributed by atoms with Gasteiger partial charge in [0.05, 0.1) is 0 Å². The van der Waals surface area contributed by atoms with E-state index >= 15 is 0 Å². The molecule has 3 heterocycles. The van der Waals surface area contributed by atoms with Gasteiger partial charge in [0.2, 0.25) is 0 Å². The first-order valence-electron chi connectivity index (χ1n) is 3.91. The molecule has 0 saturated heterocycles. The summed E-state index contributed by atoms with van der Waals surface area (Å²) in [7, 11) is 0. The van der Waals surface area contributed by atoms with Crippen LogP contribution in [0.1, 0.15) is 0 Å². The second-order valence-corrected chi connectivity index (χ2v) is 2.75. The van der Waals surface area contributed by atoms with Crippen LogP contribution >= 0.6 is 0 Å². The molecule has 14 heavy (non-hydrogen) atoms. The first kappa shape index (κ1) is 9.24. The van der Waals surface area contributed by atoms with Gasteiger partial charge < -0.3 is 4.98 Å². The van der Waals surface area contributed by atoms with Gasteiger partial charge in [-0.1, -0.05) is 40.0 Å². The van der Waals surface area contributed by atoms with Crippen molar-refractivity contribution in [3.05, 3.63) is 36.8 Å². The molecule has 0 spiro atoms. The molecule has 0 aliphatic heterocycles. The molecular weight excluding hydrogens is 356 g/mol. The fourth-order valence-electron chi connectivity index (χ4n) is 1.38. The molecule has 0 aromatic carbocycles. The van der Waals surface area contributed by atoms with Crippen molar-refractivity contribution in [1.29, 1.82) is 0 Å². The second kappa shape index (κ2) is 3.44. The number of hydrogen-bond donors (Lipinski definition) is 0. The van der Waals surface area contributed by atoms with E-state index in [-0.39, 0.29) is 20.1 Å². The van der Waals surface area contributed by atoms with E-state index in [0.29, 0.717) is 0 Å². The third-order valence-electron chi connectivity index (χ3n) is 1.98. The summed E-state index contributed by atoms with van der Waals surface area (Å²) in [4.78, 5) is 4.25. The van der Waals surface area contributed by atoms with E-state index in [2.05, 4.69) is 21.5 Å². The van der Waals surface area contributed by atoms with Crippen LogP contribution < -0.4 is 0 Å². The fourth-order valence-corrected chi connectivity index (χ4v) is 1.38. The summed E-state index contributed by atoms with van der Waals surface area (Å²) >= 11 is 0. The summed E-state index contributed by atoms with van der Waals surface area (Å²) < 4.78 is 1.66. The van der Waals surface area contributed by atoms with Crippen LogP contribution in [0.15, 0.2) is 30.6 Å². The van der Waals surface area contributed by atoms with Gasteiger partial charge >= 0.3 is 0 Å². The minimum atomic E-state index is 0. The third-order valence-corrected chi connectivity index (χ3v) is 1.98. The van der Waals surface area contributed by atoms with Crippen LogP contribution in [0.25, 0.3) is 16.4 Å². The average Bonchev–Trinajstić information content (AvgIpc) is 2.65. The van der Waals surface area contributed by atoms with Crippen molar-refractivity contribution < 1.29 is 20.1 Å². The Morgan fingerprint density at radius 3 is 3.14 bits per heavy atom. The number of hydrogen-bond acceptors (Lipinski definition) is 3. The molecule has 4 nitrogen and oxygen atoms in total. The second-order valence-electron chi connectivity index (χ2n) is 2.75. The maximum Gasteiger partial charge on any atom is 0.0264 e. The summed E-state index contributed by atoms with van der Waals surface area (Å²) in [5.41, 5.74) is 1.70. The monoisotopic (exact) mass is 362 g/mol. The Morgan fingerprint density at radius 2 is 2.21 bits per heavy atom. The molecule has 3 aromatic rings. The first-order chi connectivity index (χ1) is 6.45. The molecule has 71 valence electrons. The van der Waals surface area contributed by atoms with Crippen molar-refractivity contribution in [1.82, 2.24) is 19.8 Å². The van der Waals surface area contributed by atoms with Crippen LogP contribution in [0.3, 0.4) is 0 Å². The van der Waals surface area contributed by atoms with Crippen LogP contribution in [0.5, 0.6) is 0 Å². The number of nitrogens with zero attached hydrogens (tertiary/aromatic N) is 4. The Hall–Kier alpha value is -1.32. The Balaban J connectivity index is 0.000000750. The SMILES string of the molecule is [Ir].[c-]1nnn2ccc3cccnc3c12. The Labute approximate surface area is 93.3 Å². The molecule has 0 fully saturated rings. The summed E-state index contributed by atoms with van der Waals surface area (Å²) in [6.07, 6.45) is 6.41. The van der Waals surface area contributed by atoms with Gasteiger partial charge in [-0.2, -0.15) is 0 Å². The Morgan fingerprint density at radius 1 is 1.29 bits per heavy atom. The molecule has 0 atom stereocenters. The van der Waals surface area contributed by atoms with Gasteiger partial charge in [0.15, 0.2) is 0 Å². The molecule has 0 bridgehead atoms. The number of pyridine rings is 2. The quantitative estimate of drug-likeness (QED) is 0.563. The van der Waals surface area contributed by atoms with Crippen LogP contribution in [0, 0.1) is 6.20 Å². The van der Waals surface area contributed by atoms with Gasteiger partial charge in [0.1, 0.15) is 0 Å². The van der Waals surface area contributed by atoms with Crippen LogP contribution in [-0.4, -0.2) is 19.8 Å². The van der Waals surface area contributed by atoms with Crippen molar-refractivity contribution in [3.63, 3.8) is 0 Å². The molecule has 0 aliphatic carbocycles. The summed E-state index contributed by atoms with van der Waals surface area (Å²) in [5, 5.41) is 8.62. The number of rotatable bonds is 0. The van der Waals surface area contributed by atoms with Crippen molar-refractivity contribution in [2.24, 2.45) is 0 Å². The topological polar surface area (TPSA) is 43.1 Å². The van der Waals surface area contributed by atoms with Crippen molar-refractivity contribution in [2.45, 2.75) is 0 Å². The van der Waals surface area contributed by atoms with E-state index in [1.54, 1.807) is 10.7 Å². The average molecular weight is 361 g/mol. The molecule has 0 aliphatic rings. The van der Waals surface area contributed by atoms with E-state index in [9.17, 15) is 0 Å². The van der Waals surface area contributed by atoms with Gasteiger partial charge in [0.25, 0.3) is 0 Å². The summed E-state index contributed by atoms with van der Waals surface area (Å²) in [6, 6.07) is 5.86. The van der Waals surface area contributed by atoms with Crippen LogP contribution in [0.2, 0.25) is 0 Å². The van der Waals surface area contributed by atoms with E-state index < -0.39 is 0 Å². The zero-order chi connectivity index (χ0) is 8.67. The largest absolute Gasteiger partial charge is 0.349 e. The molecule has 0 amide bonds. The Bertz CT molecular complexity index is 575. The fraction of sp³-hybridized carbons (Fsp3) is 0. The molecule has 3 rings (SSSR count). The zero-order valence-corrected chi connectivity index (χ0v) is 9.40. The predicted molar refractivity (Wildman–Crippen MR) is 47.1 cm³/mol. The van der Waals surface area contributed by atoms with Crippen molar-refractivity contribution in [2.75, 3.05) is 0 Å².